The van der Waals surface area contributed by atoms with Crippen LogP contribution in [0.25, 0.3) is 10.9 Å². The zero-order valence-corrected chi connectivity index (χ0v) is 20.0. The maximum absolute atomic E-state index is 13.0. The van der Waals surface area contributed by atoms with Crippen LogP contribution in [0.4, 0.5) is 0 Å². The molecule has 1 fully saturated rings. The molecule has 1 heterocycles. The molecule has 3 aromatic rings. The largest absolute Gasteiger partial charge is 0.489 e. The van der Waals surface area contributed by atoms with Crippen molar-refractivity contribution in [2.24, 2.45) is 11.3 Å². The van der Waals surface area contributed by atoms with Gasteiger partial charge in [-0.1, -0.05) is 30.3 Å². The zero-order chi connectivity index (χ0) is 24.5. The number of aryl methyl sites for hydroxylation is 1. The van der Waals surface area contributed by atoms with Crippen LogP contribution in [0.1, 0.15) is 44.0 Å². The van der Waals surface area contributed by atoms with Crippen LogP contribution in [0.5, 0.6) is 5.75 Å². The number of para-hydroxylation sites is 1. The fourth-order valence-electron chi connectivity index (χ4n) is 4.46. The topological polar surface area (TPSA) is 101 Å². The highest BCUT2D eigenvalue weighted by Crippen LogP contribution is 2.55. The van der Waals surface area contributed by atoms with Gasteiger partial charge in [0.15, 0.2) is 0 Å². The molecule has 0 spiro atoms. The van der Waals surface area contributed by atoms with Crippen LogP contribution in [0.3, 0.4) is 0 Å². The van der Waals surface area contributed by atoms with Crippen molar-refractivity contribution in [3.05, 3.63) is 71.4 Å². The molecule has 2 aromatic carbocycles. The standard InChI is InChI=1S/C27H31N3O4/c1-17-13-19(21-7-5-6-8-23(21)28-17)16-34-20-11-9-18(10-12-20)14-27(15-22(27)24(31)30-33)25(32)29-26(2,3)4/h5-13,22,33H,14-16H2,1-4H3,(H,29,32)(H,30,31)/t22-,27+/m1/s1. The first kappa shape index (κ1) is 23.7. The molecule has 1 aromatic heterocycles. The number of hydrogen-bond donors (Lipinski definition) is 3. The first-order valence-corrected chi connectivity index (χ1v) is 11.4. The second-order valence-corrected chi connectivity index (χ2v) is 10.1. The van der Waals surface area contributed by atoms with Crippen molar-refractivity contribution in [2.45, 2.75) is 52.7 Å². The Kier molecular flexibility index (Phi) is 6.32. The summed E-state index contributed by atoms with van der Waals surface area (Å²) in [6.07, 6.45) is 0.801. The first-order valence-electron chi connectivity index (χ1n) is 11.4. The summed E-state index contributed by atoms with van der Waals surface area (Å²) in [7, 11) is 0. The zero-order valence-electron chi connectivity index (χ0n) is 20.0. The number of carbonyl (C=O) groups excluding carboxylic acids is 2. The monoisotopic (exact) mass is 461 g/mol. The number of benzene rings is 2. The van der Waals surface area contributed by atoms with Gasteiger partial charge >= 0.3 is 0 Å². The van der Waals surface area contributed by atoms with Crippen molar-refractivity contribution >= 4 is 22.7 Å². The number of fused-ring (bicyclic) bond motifs is 1. The Morgan fingerprint density at radius 3 is 2.53 bits per heavy atom. The van der Waals surface area contributed by atoms with Gasteiger partial charge in [0.05, 0.1) is 16.8 Å². The molecule has 0 saturated heterocycles. The van der Waals surface area contributed by atoms with E-state index in [4.69, 9.17) is 9.94 Å². The number of carbonyl (C=O) groups is 2. The van der Waals surface area contributed by atoms with E-state index in [9.17, 15) is 9.59 Å². The van der Waals surface area contributed by atoms with Crippen molar-refractivity contribution in [1.82, 2.24) is 15.8 Å². The van der Waals surface area contributed by atoms with Crippen molar-refractivity contribution in [3.8, 4) is 5.75 Å². The van der Waals surface area contributed by atoms with Crippen molar-refractivity contribution < 1.29 is 19.5 Å². The predicted molar refractivity (Wildman–Crippen MR) is 129 cm³/mol. The van der Waals surface area contributed by atoms with E-state index >= 15 is 0 Å². The van der Waals surface area contributed by atoms with Crippen molar-refractivity contribution in [1.29, 1.82) is 0 Å². The van der Waals surface area contributed by atoms with E-state index in [0.29, 0.717) is 19.4 Å². The second-order valence-electron chi connectivity index (χ2n) is 10.1. The van der Waals surface area contributed by atoms with Crippen LogP contribution in [-0.4, -0.2) is 27.5 Å². The molecule has 4 rings (SSSR count). The quantitative estimate of drug-likeness (QED) is 0.363. The number of amides is 2. The van der Waals surface area contributed by atoms with Gasteiger partial charge in [-0.25, -0.2) is 5.48 Å². The molecule has 34 heavy (non-hydrogen) atoms. The smallest absolute Gasteiger partial charge is 0.247 e. The molecule has 0 unspecified atom stereocenters. The second kappa shape index (κ2) is 9.06. The van der Waals surface area contributed by atoms with Gasteiger partial charge in [-0.2, -0.15) is 0 Å². The molecule has 178 valence electrons. The predicted octanol–water partition coefficient (Wildman–Crippen LogP) is 4.09. The van der Waals surface area contributed by atoms with Crippen LogP contribution < -0.4 is 15.5 Å². The van der Waals surface area contributed by atoms with Gasteiger partial charge in [0.1, 0.15) is 12.4 Å². The Bertz CT molecular complexity index is 1220. The van der Waals surface area contributed by atoms with Gasteiger partial charge in [0, 0.05) is 22.2 Å². The molecule has 1 aliphatic rings. The summed E-state index contributed by atoms with van der Waals surface area (Å²) in [4.78, 5) is 29.7. The van der Waals surface area contributed by atoms with E-state index in [1.165, 1.54) is 0 Å². The molecule has 2 amide bonds. The van der Waals surface area contributed by atoms with Crippen LogP contribution in [-0.2, 0) is 22.6 Å². The normalized spacial score (nSPS) is 19.5. The van der Waals surface area contributed by atoms with Crippen LogP contribution in [0, 0.1) is 18.3 Å². The molecule has 0 bridgehead atoms. The molecule has 2 atom stereocenters. The van der Waals surface area contributed by atoms with Gasteiger partial charge in [0.25, 0.3) is 0 Å². The van der Waals surface area contributed by atoms with E-state index in [2.05, 4.69) is 10.3 Å². The summed E-state index contributed by atoms with van der Waals surface area (Å²) in [5, 5.41) is 13.1. The van der Waals surface area contributed by atoms with Crippen LogP contribution in [0.15, 0.2) is 54.6 Å². The summed E-state index contributed by atoms with van der Waals surface area (Å²) >= 11 is 0. The molecule has 0 aliphatic heterocycles. The maximum Gasteiger partial charge on any atom is 0.247 e. The Morgan fingerprint density at radius 2 is 1.85 bits per heavy atom. The van der Waals surface area contributed by atoms with E-state index < -0.39 is 22.8 Å². The lowest BCUT2D eigenvalue weighted by molar-refractivity contribution is -0.136. The fraction of sp³-hybridized carbons (Fsp3) is 0.370. The van der Waals surface area contributed by atoms with E-state index in [1.54, 1.807) is 5.48 Å². The summed E-state index contributed by atoms with van der Waals surface area (Å²) in [6.45, 7) is 8.10. The summed E-state index contributed by atoms with van der Waals surface area (Å²) < 4.78 is 6.04. The third-order valence-electron chi connectivity index (χ3n) is 6.21. The molecule has 7 nitrogen and oxygen atoms in total. The molecule has 1 aliphatic carbocycles. The number of rotatable bonds is 7. The van der Waals surface area contributed by atoms with Crippen LogP contribution >= 0.6 is 0 Å². The van der Waals surface area contributed by atoms with Crippen molar-refractivity contribution in [2.75, 3.05) is 0 Å². The minimum absolute atomic E-state index is 0.172. The van der Waals surface area contributed by atoms with Gasteiger partial charge in [-0.3, -0.25) is 19.8 Å². The van der Waals surface area contributed by atoms with Gasteiger partial charge in [-0.05, 0) is 70.4 Å². The lowest BCUT2D eigenvalue weighted by Gasteiger charge is -2.25. The minimum Gasteiger partial charge on any atom is -0.489 e. The fourth-order valence-corrected chi connectivity index (χ4v) is 4.46. The third-order valence-corrected chi connectivity index (χ3v) is 6.21. The first-order chi connectivity index (χ1) is 16.1. The lowest BCUT2D eigenvalue weighted by atomic mass is 9.91. The molecule has 3 N–H and O–H groups in total. The number of hydroxylamine groups is 1. The number of nitrogens with one attached hydrogen (secondary N) is 2. The number of aromatic nitrogens is 1. The highest BCUT2D eigenvalue weighted by Gasteiger charge is 2.63. The van der Waals surface area contributed by atoms with E-state index in [-0.39, 0.29) is 5.91 Å². The maximum atomic E-state index is 13.0. The highest BCUT2D eigenvalue weighted by atomic mass is 16.5. The van der Waals surface area contributed by atoms with Gasteiger partial charge < -0.3 is 10.1 Å². The minimum atomic E-state index is -0.865. The molecule has 0 radical (unpaired) electrons. The Hall–Kier alpha value is -3.45. The van der Waals surface area contributed by atoms with Gasteiger partial charge in [-0.15, -0.1) is 0 Å². The average molecular weight is 462 g/mol. The number of hydrogen-bond acceptors (Lipinski definition) is 5. The van der Waals surface area contributed by atoms with E-state index in [0.717, 1.165) is 33.5 Å². The molecule has 1 saturated carbocycles. The summed E-state index contributed by atoms with van der Waals surface area (Å²) in [5.41, 5.74) is 4.30. The van der Waals surface area contributed by atoms with E-state index in [1.807, 2.05) is 82.3 Å². The Balaban J connectivity index is 1.47. The molecular formula is C27H31N3O4. The Morgan fingerprint density at radius 1 is 1.15 bits per heavy atom. The van der Waals surface area contributed by atoms with Crippen LogP contribution in [0.2, 0.25) is 0 Å². The third kappa shape index (κ3) is 5.04. The summed E-state index contributed by atoms with van der Waals surface area (Å²) in [6, 6.07) is 17.6. The SMILES string of the molecule is Cc1cc(COc2ccc(C[C@]3(C(=O)NC(C)(C)C)C[C@@H]3C(=O)NO)cc2)c2ccccc2n1. The lowest BCUT2D eigenvalue weighted by Crippen LogP contribution is -2.46. The molecular weight excluding hydrogens is 430 g/mol. The average Bonchev–Trinajstić information content (AvgIpc) is 3.52. The number of ether oxygens (including phenoxy) is 1. The van der Waals surface area contributed by atoms with Crippen molar-refractivity contribution in [3.63, 3.8) is 0 Å². The number of nitrogens with zero attached hydrogens (tertiary/aromatic N) is 1. The summed E-state index contributed by atoms with van der Waals surface area (Å²) in [5.74, 6) is -0.535. The number of pyridine rings is 1. The van der Waals surface area contributed by atoms with Gasteiger partial charge in [0.2, 0.25) is 11.8 Å². The molecule has 7 heteroatoms. The Labute approximate surface area is 199 Å². The highest BCUT2D eigenvalue weighted by molar-refractivity contribution is 5.96.